The summed E-state index contributed by atoms with van der Waals surface area (Å²) in [6.07, 6.45) is 3.74. The van der Waals surface area contributed by atoms with Crippen LogP contribution in [0.25, 0.3) is 0 Å². The number of hydrogen-bond donors (Lipinski definition) is 0. The van der Waals surface area contributed by atoms with Crippen LogP contribution in [0.1, 0.15) is 13.8 Å². The molecule has 0 N–H and O–H groups in total. The fraction of sp³-hybridized carbons (Fsp3) is 0.571. The van der Waals surface area contributed by atoms with Gasteiger partial charge in [0.2, 0.25) is 0 Å². The van der Waals surface area contributed by atoms with Gasteiger partial charge in [-0.2, -0.15) is 0 Å². The molecule has 0 fully saturated rings. The standard InChI is InChI=1S/C5H9N2O.C2H6/c1-6-4-3-5-7(6)8-2;1-2/h3-5H,1-2H3;1-2H3/q+1;. The average Bonchev–Trinajstić information content (AvgIpc) is 2.39. The Morgan fingerprint density at radius 2 is 2.00 bits per heavy atom. The summed E-state index contributed by atoms with van der Waals surface area (Å²) in [6, 6.07) is 1.91. The lowest BCUT2D eigenvalue weighted by Gasteiger charge is -1.91. The van der Waals surface area contributed by atoms with Crippen LogP contribution in [0.5, 0.6) is 0 Å². The van der Waals surface area contributed by atoms with Crippen LogP contribution in [0.15, 0.2) is 18.5 Å². The molecule has 10 heavy (non-hydrogen) atoms. The lowest BCUT2D eigenvalue weighted by atomic mass is 10.8. The number of rotatable bonds is 1. The molecule has 3 heteroatoms. The summed E-state index contributed by atoms with van der Waals surface area (Å²) < 4.78 is 1.83. The van der Waals surface area contributed by atoms with E-state index in [0.717, 1.165) is 0 Å². The van der Waals surface area contributed by atoms with E-state index in [-0.39, 0.29) is 0 Å². The lowest BCUT2D eigenvalue weighted by molar-refractivity contribution is -0.777. The molecule has 58 valence electrons. The van der Waals surface area contributed by atoms with Crippen molar-refractivity contribution < 1.29 is 9.52 Å². The molecule has 1 rings (SSSR count). The van der Waals surface area contributed by atoms with Crippen molar-refractivity contribution in [1.82, 2.24) is 4.85 Å². The van der Waals surface area contributed by atoms with Gasteiger partial charge in [0.25, 0.3) is 0 Å². The third kappa shape index (κ3) is 2.09. The van der Waals surface area contributed by atoms with Crippen molar-refractivity contribution in [3.8, 4) is 0 Å². The summed E-state index contributed by atoms with van der Waals surface area (Å²) in [6.45, 7) is 4.00. The minimum atomic E-state index is 1.62. The fourth-order valence-electron chi connectivity index (χ4n) is 0.597. The van der Waals surface area contributed by atoms with E-state index in [0.29, 0.717) is 0 Å². The van der Waals surface area contributed by atoms with Gasteiger partial charge in [0.05, 0.1) is 0 Å². The summed E-state index contributed by atoms with van der Waals surface area (Å²) >= 11 is 0. The molecule has 0 bridgehead atoms. The highest BCUT2D eigenvalue weighted by molar-refractivity contribution is 4.68. The summed E-state index contributed by atoms with van der Waals surface area (Å²) in [5.41, 5.74) is 0. The van der Waals surface area contributed by atoms with Crippen molar-refractivity contribution in [2.75, 3.05) is 7.11 Å². The summed E-state index contributed by atoms with van der Waals surface area (Å²) in [5, 5.41) is 0. The molecule has 0 saturated carbocycles. The van der Waals surface area contributed by atoms with Gasteiger partial charge >= 0.3 is 0 Å². The largest absolute Gasteiger partial charge is 0.372 e. The minimum absolute atomic E-state index is 1.62. The van der Waals surface area contributed by atoms with Crippen molar-refractivity contribution in [2.24, 2.45) is 7.05 Å². The van der Waals surface area contributed by atoms with E-state index < -0.39 is 0 Å². The maximum absolute atomic E-state index is 4.86. The quantitative estimate of drug-likeness (QED) is 0.520. The normalized spacial score (nSPS) is 8.00. The van der Waals surface area contributed by atoms with Crippen LogP contribution in [0.4, 0.5) is 0 Å². The smallest absolute Gasteiger partial charge is 0.198 e. The molecule has 1 aromatic heterocycles. The van der Waals surface area contributed by atoms with E-state index >= 15 is 0 Å². The Balaban J connectivity index is 0.000000371. The van der Waals surface area contributed by atoms with Gasteiger partial charge in [-0.3, -0.25) is 0 Å². The van der Waals surface area contributed by atoms with Crippen LogP contribution in [0.3, 0.4) is 0 Å². The van der Waals surface area contributed by atoms with Crippen molar-refractivity contribution in [2.45, 2.75) is 13.8 Å². The Labute approximate surface area is 61.8 Å². The highest BCUT2D eigenvalue weighted by atomic mass is 16.7. The van der Waals surface area contributed by atoms with E-state index in [1.54, 1.807) is 12.0 Å². The predicted octanol–water partition coefficient (Wildman–Crippen LogP) is 0.397. The zero-order valence-corrected chi connectivity index (χ0v) is 7.03. The van der Waals surface area contributed by atoms with Crippen molar-refractivity contribution in [3.05, 3.63) is 18.5 Å². The van der Waals surface area contributed by atoms with E-state index in [1.165, 1.54) is 0 Å². The SMILES string of the molecule is CC.COn1ccc[n+]1C. The Bertz CT molecular complexity index is 172. The predicted molar refractivity (Wildman–Crippen MR) is 39.5 cm³/mol. The molecule has 0 saturated heterocycles. The first-order valence-electron chi connectivity index (χ1n) is 3.42. The second-order valence-corrected chi connectivity index (χ2v) is 1.55. The Morgan fingerprint density at radius 3 is 2.20 bits per heavy atom. The molecule has 3 nitrogen and oxygen atoms in total. The molecule has 0 aliphatic rings. The molecule has 0 aliphatic carbocycles. The van der Waals surface area contributed by atoms with Crippen LogP contribution >= 0.6 is 0 Å². The maximum atomic E-state index is 4.86. The summed E-state index contributed by atoms with van der Waals surface area (Å²) in [7, 11) is 3.53. The van der Waals surface area contributed by atoms with E-state index in [2.05, 4.69) is 0 Å². The second kappa shape index (κ2) is 4.85. The van der Waals surface area contributed by atoms with Crippen LogP contribution in [0.2, 0.25) is 0 Å². The zero-order chi connectivity index (χ0) is 7.98. The lowest BCUT2D eigenvalue weighted by Crippen LogP contribution is -2.40. The van der Waals surface area contributed by atoms with E-state index in [4.69, 9.17) is 4.84 Å². The first-order chi connectivity index (χ1) is 4.84. The molecular weight excluding hydrogens is 128 g/mol. The fourth-order valence-corrected chi connectivity index (χ4v) is 0.597. The van der Waals surface area contributed by atoms with Crippen molar-refractivity contribution in [1.29, 1.82) is 0 Å². The third-order valence-corrected chi connectivity index (χ3v) is 1.01. The number of aromatic nitrogens is 2. The Hall–Kier alpha value is -0.990. The molecule has 1 heterocycles. The topological polar surface area (TPSA) is 18.0 Å². The molecule has 0 aromatic carbocycles. The molecule has 0 atom stereocenters. The van der Waals surface area contributed by atoms with Crippen molar-refractivity contribution in [3.63, 3.8) is 0 Å². The van der Waals surface area contributed by atoms with Crippen LogP contribution in [0, 0.1) is 0 Å². The molecule has 0 aliphatic heterocycles. The van der Waals surface area contributed by atoms with Gasteiger partial charge in [-0.25, -0.2) is 0 Å². The third-order valence-electron chi connectivity index (χ3n) is 1.01. The molecule has 0 unspecified atom stereocenters. The monoisotopic (exact) mass is 143 g/mol. The number of hydrogen-bond acceptors (Lipinski definition) is 1. The Kier molecular flexibility index (Phi) is 4.37. The van der Waals surface area contributed by atoms with Gasteiger partial charge in [0.1, 0.15) is 13.3 Å². The first-order valence-corrected chi connectivity index (χ1v) is 3.42. The van der Waals surface area contributed by atoms with Gasteiger partial charge in [0, 0.05) is 10.9 Å². The van der Waals surface area contributed by atoms with Gasteiger partial charge in [0.15, 0.2) is 13.2 Å². The van der Waals surface area contributed by atoms with E-state index in [9.17, 15) is 0 Å². The molecular formula is C7H15N2O+. The zero-order valence-electron chi connectivity index (χ0n) is 7.03. The van der Waals surface area contributed by atoms with E-state index in [1.807, 2.05) is 44.0 Å². The van der Waals surface area contributed by atoms with Gasteiger partial charge in [-0.15, -0.1) is 0 Å². The maximum Gasteiger partial charge on any atom is 0.198 e. The molecule has 0 amide bonds. The van der Waals surface area contributed by atoms with Gasteiger partial charge < -0.3 is 4.84 Å². The van der Waals surface area contributed by atoms with Gasteiger partial charge in [-0.1, -0.05) is 18.5 Å². The summed E-state index contributed by atoms with van der Waals surface area (Å²) in [5.74, 6) is 0. The van der Waals surface area contributed by atoms with Crippen LogP contribution in [-0.4, -0.2) is 12.0 Å². The minimum Gasteiger partial charge on any atom is -0.372 e. The van der Waals surface area contributed by atoms with Crippen LogP contribution < -0.4 is 9.52 Å². The highest BCUT2D eigenvalue weighted by Crippen LogP contribution is 1.72. The number of nitrogens with zero attached hydrogens (tertiary/aromatic N) is 2. The second-order valence-electron chi connectivity index (χ2n) is 1.55. The number of aryl methyl sites for hydroxylation is 1. The highest BCUT2D eigenvalue weighted by Gasteiger charge is 1.95. The Morgan fingerprint density at radius 1 is 1.40 bits per heavy atom. The average molecular weight is 143 g/mol. The molecule has 0 spiro atoms. The molecule has 0 radical (unpaired) electrons. The summed E-state index contributed by atoms with van der Waals surface area (Å²) in [4.78, 5) is 6.49. The van der Waals surface area contributed by atoms with Gasteiger partial charge in [-0.05, 0) is 0 Å². The van der Waals surface area contributed by atoms with Crippen molar-refractivity contribution >= 4 is 0 Å². The molecule has 1 aromatic rings. The van der Waals surface area contributed by atoms with Crippen LogP contribution in [-0.2, 0) is 7.05 Å². The first kappa shape index (κ1) is 9.01.